The number of fused-ring (bicyclic) bond motifs is 9. The van der Waals surface area contributed by atoms with Gasteiger partial charge in [0.1, 0.15) is 0 Å². The largest absolute Gasteiger partial charge is 0.366 e. The Morgan fingerprint density at radius 1 is 1.11 bits per heavy atom. The van der Waals surface area contributed by atoms with Gasteiger partial charge >= 0.3 is 0 Å². The van der Waals surface area contributed by atoms with E-state index in [1.165, 1.54) is 38.5 Å². The van der Waals surface area contributed by atoms with Crippen molar-refractivity contribution in [3.8, 4) is 0 Å². The van der Waals surface area contributed by atoms with Crippen LogP contribution in [0.2, 0.25) is 0 Å². The molecule has 0 saturated heterocycles. The number of ether oxygens (including phenoxy) is 1. The summed E-state index contributed by atoms with van der Waals surface area (Å²) in [6.45, 7) is 3.44. The predicted octanol–water partition coefficient (Wildman–Crippen LogP) is 4.95. The molecule has 7 rings (SSSR count). The summed E-state index contributed by atoms with van der Waals surface area (Å²) < 4.78 is 6.57. The highest BCUT2D eigenvalue weighted by Crippen LogP contribution is 2.78. The van der Waals surface area contributed by atoms with E-state index in [0.717, 1.165) is 66.8 Å². The standard InChI is InChI=1S/C25H32O2/c1-24-9-7-18-17-6-5-16(26)11-15(17)12-19(14-3-4-14)22(18)23(24)20-13-21(20)25(24)8-2-10-27-25/h2,8,11,14,17-23H,3-7,9-10,12-13H2,1H3/t17?,18?,19?,20?,21?,22?,23?,24-,25-/m0/s1. The van der Waals surface area contributed by atoms with Crippen molar-refractivity contribution in [3.05, 3.63) is 23.8 Å². The van der Waals surface area contributed by atoms with Crippen LogP contribution in [0.1, 0.15) is 58.3 Å². The van der Waals surface area contributed by atoms with E-state index < -0.39 is 0 Å². The van der Waals surface area contributed by atoms with Crippen molar-refractivity contribution in [3.63, 3.8) is 0 Å². The van der Waals surface area contributed by atoms with Crippen molar-refractivity contribution in [1.82, 2.24) is 0 Å². The molecule has 7 aliphatic rings. The lowest BCUT2D eigenvalue weighted by molar-refractivity contribution is -0.143. The van der Waals surface area contributed by atoms with Crippen molar-refractivity contribution in [2.24, 2.45) is 52.8 Å². The second kappa shape index (κ2) is 4.99. The molecule has 144 valence electrons. The van der Waals surface area contributed by atoms with Crippen molar-refractivity contribution >= 4 is 5.78 Å². The van der Waals surface area contributed by atoms with Gasteiger partial charge in [-0.15, -0.1) is 0 Å². The Balaban J connectivity index is 1.33. The molecule has 2 heteroatoms. The van der Waals surface area contributed by atoms with Crippen LogP contribution in [0.4, 0.5) is 0 Å². The molecule has 2 nitrogen and oxygen atoms in total. The van der Waals surface area contributed by atoms with Gasteiger partial charge in [0.15, 0.2) is 5.78 Å². The fourth-order valence-corrected chi connectivity index (χ4v) is 9.34. The van der Waals surface area contributed by atoms with Crippen LogP contribution >= 0.6 is 0 Å². The molecule has 9 atom stereocenters. The van der Waals surface area contributed by atoms with Crippen LogP contribution in [0.5, 0.6) is 0 Å². The Bertz CT molecular complexity index is 775. The normalized spacial score (nSPS) is 57.7. The summed E-state index contributed by atoms with van der Waals surface area (Å²) in [4.78, 5) is 12.1. The summed E-state index contributed by atoms with van der Waals surface area (Å²) >= 11 is 0. The molecule has 1 aliphatic heterocycles. The molecular weight excluding hydrogens is 332 g/mol. The number of rotatable bonds is 1. The van der Waals surface area contributed by atoms with Gasteiger partial charge in [-0.3, -0.25) is 4.79 Å². The van der Waals surface area contributed by atoms with E-state index >= 15 is 0 Å². The topological polar surface area (TPSA) is 26.3 Å². The summed E-state index contributed by atoms with van der Waals surface area (Å²) in [6, 6.07) is 0. The van der Waals surface area contributed by atoms with Crippen LogP contribution < -0.4 is 0 Å². The molecule has 5 fully saturated rings. The van der Waals surface area contributed by atoms with Gasteiger partial charge in [-0.1, -0.05) is 24.6 Å². The predicted molar refractivity (Wildman–Crippen MR) is 104 cm³/mol. The Kier molecular flexibility index (Phi) is 2.95. The maximum atomic E-state index is 12.1. The Labute approximate surface area is 162 Å². The third kappa shape index (κ3) is 1.85. The number of ketones is 1. The summed E-state index contributed by atoms with van der Waals surface area (Å²) in [7, 11) is 0. The Morgan fingerprint density at radius 3 is 2.78 bits per heavy atom. The number of carbonyl (C=O) groups is 1. The first-order valence-electron chi connectivity index (χ1n) is 11.7. The van der Waals surface area contributed by atoms with E-state index in [1.54, 1.807) is 5.57 Å². The Hall–Kier alpha value is -0.890. The van der Waals surface area contributed by atoms with Gasteiger partial charge in [0.05, 0.1) is 12.2 Å². The molecule has 1 heterocycles. The molecular formula is C25H32O2. The lowest BCUT2D eigenvalue weighted by atomic mass is 9.46. The molecule has 0 N–H and O–H groups in total. The average Bonchev–Trinajstić information content (AvgIpc) is 3.58. The quantitative estimate of drug-likeness (QED) is 0.616. The minimum absolute atomic E-state index is 0.0695. The minimum atomic E-state index is 0.0695. The molecule has 0 radical (unpaired) electrons. The van der Waals surface area contributed by atoms with Gasteiger partial charge in [-0.25, -0.2) is 0 Å². The zero-order chi connectivity index (χ0) is 18.0. The molecule has 6 aliphatic carbocycles. The lowest BCUT2D eigenvalue weighted by Crippen LogP contribution is -2.56. The molecule has 0 aromatic rings. The monoisotopic (exact) mass is 364 g/mol. The smallest absolute Gasteiger partial charge is 0.155 e. The van der Waals surface area contributed by atoms with Crippen LogP contribution in [0, 0.1) is 52.8 Å². The van der Waals surface area contributed by atoms with Gasteiger partial charge in [-0.2, -0.15) is 0 Å². The van der Waals surface area contributed by atoms with E-state index in [9.17, 15) is 4.79 Å². The van der Waals surface area contributed by atoms with Crippen molar-refractivity contribution in [2.45, 2.75) is 63.9 Å². The average molecular weight is 365 g/mol. The van der Waals surface area contributed by atoms with E-state index in [2.05, 4.69) is 25.2 Å². The summed E-state index contributed by atoms with van der Waals surface area (Å²) in [5, 5.41) is 0. The van der Waals surface area contributed by atoms with Crippen molar-refractivity contribution in [2.75, 3.05) is 6.61 Å². The molecule has 5 saturated carbocycles. The highest BCUT2D eigenvalue weighted by atomic mass is 16.5. The molecule has 0 aromatic heterocycles. The Morgan fingerprint density at radius 2 is 2.00 bits per heavy atom. The van der Waals surface area contributed by atoms with Crippen LogP contribution in [0.15, 0.2) is 23.8 Å². The van der Waals surface area contributed by atoms with Gasteiger partial charge in [0, 0.05) is 11.8 Å². The fourth-order valence-electron chi connectivity index (χ4n) is 9.34. The molecule has 0 amide bonds. The van der Waals surface area contributed by atoms with Gasteiger partial charge < -0.3 is 4.74 Å². The first-order valence-corrected chi connectivity index (χ1v) is 11.7. The number of hydrogen-bond acceptors (Lipinski definition) is 2. The van der Waals surface area contributed by atoms with Crippen molar-refractivity contribution in [1.29, 1.82) is 0 Å². The summed E-state index contributed by atoms with van der Waals surface area (Å²) in [5.41, 5.74) is 1.98. The van der Waals surface area contributed by atoms with Crippen molar-refractivity contribution < 1.29 is 9.53 Å². The van der Waals surface area contributed by atoms with Crippen LogP contribution in [0.3, 0.4) is 0 Å². The van der Waals surface area contributed by atoms with E-state index in [1.807, 2.05) is 0 Å². The zero-order valence-corrected chi connectivity index (χ0v) is 16.5. The van der Waals surface area contributed by atoms with E-state index in [0.29, 0.717) is 11.2 Å². The molecule has 1 spiro atoms. The number of allylic oxidation sites excluding steroid dienone is 1. The van der Waals surface area contributed by atoms with Crippen LogP contribution in [0.25, 0.3) is 0 Å². The van der Waals surface area contributed by atoms with E-state index in [-0.39, 0.29) is 5.60 Å². The van der Waals surface area contributed by atoms with E-state index in [4.69, 9.17) is 4.74 Å². The highest BCUT2D eigenvalue weighted by Gasteiger charge is 2.77. The fraction of sp³-hybridized carbons (Fsp3) is 0.800. The minimum Gasteiger partial charge on any atom is -0.366 e. The molecule has 0 aromatic carbocycles. The molecule has 0 bridgehead atoms. The second-order valence-corrected chi connectivity index (χ2v) is 11.3. The first-order chi connectivity index (χ1) is 13.1. The van der Waals surface area contributed by atoms with Gasteiger partial charge in [0.2, 0.25) is 0 Å². The maximum Gasteiger partial charge on any atom is 0.155 e. The van der Waals surface area contributed by atoms with Gasteiger partial charge in [0.25, 0.3) is 0 Å². The first kappa shape index (κ1) is 16.0. The molecule has 27 heavy (non-hydrogen) atoms. The highest BCUT2D eigenvalue weighted by molar-refractivity contribution is 5.91. The van der Waals surface area contributed by atoms with Gasteiger partial charge in [-0.05, 0) is 98.4 Å². The van der Waals surface area contributed by atoms with Crippen LogP contribution in [-0.2, 0) is 9.53 Å². The number of carbonyl (C=O) groups excluding carboxylic acids is 1. The zero-order valence-electron chi connectivity index (χ0n) is 16.5. The summed E-state index contributed by atoms with van der Waals surface area (Å²) in [6.07, 6.45) is 17.1. The third-order valence-electron chi connectivity index (χ3n) is 10.4. The van der Waals surface area contributed by atoms with Crippen LogP contribution in [-0.4, -0.2) is 18.0 Å². The SMILES string of the molecule is C[C@]12CCC3C4CCC(=O)C=C4CC(C4CC4)C3C1C1CC1[C@@]21C=CCO1. The maximum absolute atomic E-state index is 12.1. The number of hydrogen-bond donors (Lipinski definition) is 0. The summed E-state index contributed by atoms with van der Waals surface area (Å²) in [5.74, 6) is 7.28. The lowest BCUT2D eigenvalue weighted by Gasteiger charge is -2.59. The second-order valence-electron chi connectivity index (χ2n) is 11.3. The third-order valence-corrected chi connectivity index (χ3v) is 10.4. The molecule has 7 unspecified atom stereocenters.